The van der Waals surface area contributed by atoms with Gasteiger partial charge >= 0.3 is 6.09 Å². The van der Waals surface area contributed by atoms with Gasteiger partial charge in [-0.3, -0.25) is 9.48 Å². The van der Waals surface area contributed by atoms with Crippen molar-refractivity contribution in [3.63, 3.8) is 0 Å². The summed E-state index contributed by atoms with van der Waals surface area (Å²) >= 11 is 0. The highest BCUT2D eigenvalue weighted by Crippen LogP contribution is 1.92. The lowest BCUT2D eigenvalue weighted by Gasteiger charge is -2.02. The average Bonchev–Trinajstić information content (AvgIpc) is 2.73. The first-order chi connectivity index (χ1) is 8.13. The molecule has 1 aromatic rings. The number of nitrogens with zero attached hydrogens (tertiary/aromatic N) is 3. The minimum absolute atomic E-state index is 0.0119. The second-order valence-electron chi connectivity index (χ2n) is 3.08. The van der Waals surface area contributed by atoms with E-state index < -0.39 is 12.0 Å². The summed E-state index contributed by atoms with van der Waals surface area (Å²) in [5.74, 6) is -0.402. The number of rotatable bonds is 6. The summed E-state index contributed by atoms with van der Waals surface area (Å²) in [5, 5.41) is 9.86. The monoisotopic (exact) mass is 242 g/mol. The Bertz CT molecular complexity index is 390. The molecule has 0 unspecified atom stereocenters. The molecule has 2 amide bonds. The van der Waals surface area contributed by atoms with Gasteiger partial charge < -0.3 is 21.5 Å². The van der Waals surface area contributed by atoms with Gasteiger partial charge in [0, 0.05) is 6.54 Å². The first-order valence-corrected chi connectivity index (χ1v) is 4.94. The van der Waals surface area contributed by atoms with Crippen LogP contribution in [0.15, 0.2) is 6.20 Å². The van der Waals surface area contributed by atoms with Crippen molar-refractivity contribution >= 4 is 12.0 Å². The lowest BCUT2D eigenvalue weighted by molar-refractivity contribution is 0.0932. The molecule has 1 heterocycles. The van der Waals surface area contributed by atoms with Gasteiger partial charge in [-0.05, 0) is 0 Å². The van der Waals surface area contributed by atoms with Crippen LogP contribution in [0, 0.1) is 0 Å². The van der Waals surface area contributed by atoms with Crippen molar-refractivity contribution in [3.05, 3.63) is 11.9 Å². The van der Waals surface area contributed by atoms with Crippen molar-refractivity contribution in [2.75, 3.05) is 19.7 Å². The van der Waals surface area contributed by atoms with Crippen LogP contribution in [0.4, 0.5) is 4.79 Å². The maximum Gasteiger partial charge on any atom is 0.404 e. The van der Waals surface area contributed by atoms with E-state index in [1.165, 1.54) is 10.9 Å². The predicted octanol–water partition coefficient (Wildman–Crippen LogP) is -1.94. The van der Waals surface area contributed by atoms with Gasteiger partial charge in [0.05, 0.1) is 19.3 Å². The van der Waals surface area contributed by atoms with Gasteiger partial charge in [0.1, 0.15) is 6.61 Å². The summed E-state index contributed by atoms with van der Waals surface area (Å²) in [6.45, 7) is 1.07. The zero-order chi connectivity index (χ0) is 12.7. The van der Waals surface area contributed by atoms with Crippen LogP contribution >= 0.6 is 0 Å². The van der Waals surface area contributed by atoms with Crippen LogP contribution in [-0.2, 0) is 11.3 Å². The zero-order valence-electron chi connectivity index (χ0n) is 9.13. The van der Waals surface area contributed by atoms with E-state index in [0.717, 1.165) is 0 Å². The molecule has 1 aromatic heterocycles. The van der Waals surface area contributed by atoms with E-state index >= 15 is 0 Å². The number of aromatic nitrogens is 3. The number of nitrogens with one attached hydrogen (secondary N) is 1. The molecule has 0 atom stereocenters. The lowest BCUT2D eigenvalue weighted by Crippen LogP contribution is -2.29. The van der Waals surface area contributed by atoms with Crippen LogP contribution in [0.3, 0.4) is 0 Å². The molecule has 0 fully saturated rings. The number of amides is 2. The first-order valence-electron chi connectivity index (χ1n) is 4.94. The topological polar surface area (TPSA) is 138 Å². The van der Waals surface area contributed by atoms with Crippen molar-refractivity contribution in [1.82, 2.24) is 20.3 Å². The number of nitrogens with two attached hydrogens (primary N) is 2. The highest BCUT2D eigenvalue weighted by atomic mass is 16.5. The number of carbonyl (C=O) groups excluding carboxylic acids is 2. The maximum absolute atomic E-state index is 11.5. The first kappa shape index (κ1) is 12.9. The minimum Gasteiger partial charge on any atom is -0.448 e. The van der Waals surface area contributed by atoms with Crippen molar-refractivity contribution in [3.8, 4) is 0 Å². The molecule has 0 saturated heterocycles. The van der Waals surface area contributed by atoms with Gasteiger partial charge in [0.25, 0.3) is 5.91 Å². The van der Waals surface area contributed by atoms with Gasteiger partial charge in [-0.1, -0.05) is 5.21 Å². The SMILES string of the molecule is NCCn1cc(C(=O)NCCOC(N)=O)nn1. The van der Waals surface area contributed by atoms with E-state index in [2.05, 4.69) is 20.4 Å². The average molecular weight is 242 g/mol. The molecule has 9 nitrogen and oxygen atoms in total. The van der Waals surface area contributed by atoms with E-state index in [1.807, 2.05) is 0 Å². The molecular weight excluding hydrogens is 228 g/mol. The molecule has 0 bridgehead atoms. The Balaban J connectivity index is 2.33. The van der Waals surface area contributed by atoms with Crippen LogP contribution in [0.25, 0.3) is 0 Å². The Kier molecular flexibility index (Phi) is 4.88. The van der Waals surface area contributed by atoms with Crippen LogP contribution in [-0.4, -0.2) is 46.7 Å². The van der Waals surface area contributed by atoms with Crippen LogP contribution in [0.5, 0.6) is 0 Å². The van der Waals surface area contributed by atoms with Gasteiger partial charge in [0.15, 0.2) is 5.69 Å². The molecule has 0 aliphatic carbocycles. The number of ether oxygens (including phenoxy) is 1. The predicted molar refractivity (Wildman–Crippen MR) is 56.9 cm³/mol. The Morgan fingerprint density at radius 3 is 2.94 bits per heavy atom. The van der Waals surface area contributed by atoms with E-state index in [0.29, 0.717) is 13.1 Å². The summed E-state index contributed by atoms with van der Waals surface area (Å²) in [6.07, 6.45) is 0.602. The normalized spacial score (nSPS) is 9.94. The van der Waals surface area contributed by atoms with Crippen LogP contribution < -0.4 is 16.8 Å². The number of carbonyl (C=O) groups is 2. The molecular formula is C8H14N6O3. The molecule has 0 aliphatic rings. The van der Waals surface area contributed by atoms with Gasteiger partial charge in [-0.15, -0.1) is 5.10 Å². The summed E-state index contributed by atoms with van der Waals surface area (Å²) in [5.41, 5.74) is 10.2. The van der Waals surface area contributed by atoms with Crippen molar-refractivity contribution in [1.29, 1.82) is 0 Å². The molecule has 0 spiro atoms. The van der Waals surface area contributed by atoms with Gasteiger partial charge in [0.2, 0.25) is 0 Å². The fraction of sp³-hybridized carbons (Fsp3) is 0.500. The summed E-state index contributed by atoms with van der Waals surface area (Å²) in [6, 6.07) is 0. The van der Waals surface area contributed by atoms with Crippen LogP contribution in [0.1, 0.15) is 10.5 Å². The molecule has 9 heteroatoms. The second kappa shape index (κ2) is 6.43. The molecule has 5 N–H and O–H groups in total. The third-order valence-electron chi connectivity index (χ3n) is 1.76. The molecule has 0 aliphatic heterocycles. The Hall–Kier alpha value is -2.16. The molecule has 1 rings (SSSR count). The molecule has 0 radical (unpaired) electrons. The van der Waals surface area contributed by atoms with E-state index in [-0.39, 0.29) is 18.8 Å². The molecule has 0 saturated carbocycles. The summed E-state index contributed by atoms with van der Waals surface area (Å²) in [4.78, 5) is 21.7. The Morgan fingerprint density at radius 1 is 1.53 bits per heavy atom. The smallest absolute Gasteiger partial charge is 0.404 e. The molecule has 0 aromatic carbocycles. The summed E-state index contributed by atoms with van der Waals surface area (Å²) < 4.78 is 5.91. The van der Waals surface area contributed by atoms with Crippen molar-refractivity contribution in [2.24, 2.45) is 11.5 Å². The third kappa shape index (κ3) is 4.47. The van der Waals surface area contributed by atoms with Crippen molar-refractivity contribution in [2.45, 2.75) is 6.54 Å². The zero-order valence-corrected chi connectivity index (χ0v) is 9.13. The number of primary amides is 1. The fourth-order valence-electron chi connectivity index (χ4n) is 1.05. The van der Waals surface area contributed by atoms with E-state index in [9.17, 15) is 9.59 Å². The van der Waals surface area contributed by atoms with E-state index in [1.54, 1.807) is 0 Å². The third-order valence-corrected chi connectivity index (χ3v) is 1.76. The Morgan fingerprint density at radius 2 is 2.29 bits per heavy atom. The highest BCUT2D eigenvalue weighted by molar-refractivity contribution is 5.91. The number of hydrogen-bond acceptors (Lipinski definition) is 6. The minimum atomic E-state index is -0.881. The standard InChI is InChI=1S/C8H14N6O3/c9-1-3-14-5-6(12-13-14)7(15)11-2-4-17-8(10)16/h5H,1-4,9H2,(H2,10,16)(H,11,15). The summed E-state index contributed by atoms with van der Waals surface area (Å²) in [7, 11) is 0. The molecule has 17 heavy (non-hydrogen) atoms. The Labute approximate surface area is 97.1 Å². The highest BCUT2D eigenvalue weighted by Gasteiger charge is 2.09. The van der Waals surface area contributed by atoms with Crippen molar-refractivity contribution < 1.29 is 14.3 Å². The lowest BCUT2D eigenvalue weighted by atomic mass is 10.4. The second-order valence-corrected chi connectivity index (χ2v) is 3.08. The molecule has 94 valence electrons. The fourth-order valence-corrected chi connectivity index (χ4v) is 1.05. The van der Waals surface area contributed by atoms with E-state index in [4.69, 9.17) is 11.5 Å². The quantitative estimate of drug-likeness (QED) is 0.496. The largest absolute Gasteiger partial charge is 0.448 e. The number of hydrogen-bond donors (Lipinski definition) is 3. The maximum atomic E-state index is 11.5. The van der Waals surface area contributed by atoms with Crippen LogP contribution in [0.2, 0.25) is 0 Å². The van der Waals surface area contributed by atoms with Gasteiger partial charge in [-0.2, -0.15) is 0 Å². The van der Waals surface area contributed by atoms with Gasteiger partial charge in [-0.25, -0.2) is 4.79 Å².